The Kier molecular flexibility index (Phi) is 7.44. The number of hydrogen-bond acceptors (Lipinski definition) is 2. The van der Waals surface area contributed by atoms with Gasteiger partial charge >= 0.3 is 0 Å². The van der Waals surface area contributed by atoms with E-state index in [1.165, 1.54) is 0 Å². The van der Waals surface area contributed by atoms with E-state index in [4.69, 9.17) is 17.3 Å². The van der Waals surface area contributed by atoms with Crippen LogP contribution in [-0.4, -0.2) is 17.8 Å². The van der Waals surface area contributed by atoms with Crippen molar-refractivity contribution in [1.29, 1.82) is 0 Å². The summed E-state index contributed by atoms with van der Waals surface area (Å²) in [5.74, 6) is 0.333. The third-order valence-corrected chi connectivity index (χ3v) is 4.02. The van der Waals surface area contributed by atoms with Crippen molar-refractivity contribution in [1.82, 2.24) is 0 Å². The van der Waals surface area contributed by atoms with Crippen LogP contribution < -0.4 is 5.73 Å². The molecule has 0 aliphatic heterocycles. The number of aliphatic hydroxyl groups is 1. The molecular formula is C16H26ClNO. The Labute approximate surface area is 122 Å². The summed E-state index contributed by atoms with van der Waals surface area (Å²) in [7, 11) is 0. The molecular weight excluding hydrogens is 258 g/mol. The van der Waals surface area contributed by atoms with E-state index in [1.807, 2.05) is 24.3 Å². The Bertz CT molecular complexity index is 346. The fraction of sp³-hybridized carbons (Fsp3) is 0.625. The van der Waals surface area contributed by atoms with Gasteiger partial charge in [0.2, 0.25) is 0 Å². The van der Waals surface area contributed by atoms with Gasteiger partial charge in [0.05, 0.1) is 6.10 Å². The van der Waals surface area contributed by atoms with Crippen LogP contribution in [0.2, 0.25) is 5.02 Å². The Morgan fingerprint density at radius 3 is 2.05 bits per heavy atom. The summed E-state index contributed by atoms with van der Waals surface area (Å²) in [5, 5.41) is 11.4. The summed E-state index contributed by atoms with van der Waals surface area (Å²) in [6.07, 6.45) is 3.93. The monoisotopic (exact) mass is 283 g/mol. The van der Waals surface area contributed by atoms with Crippen molar-refractivity contribution in [3.05, 3.63) is 34.9 Å². The molecule has 0 heterocycles. The summed E-state index contributed by atoms with van der Waals surface area (Å²) in [5.41, 5.74) is 6.96. The smallest absolute Gasteiger partial charge is 0.0648 e. The summed E-state index contributed by atoms with van der Waals surface area (Å²) >= 11 is 5.91. The zero-order chi connectivity index (χ0) is 14.3. The molecule has 2 atom stereocenters. The van der Waals surface area contributed by atoms with Gasteiger partial charge in [-0.15, -0.1) is 0 Å². The molecule has 19 heavy (non-hydrogen) atoms. The van der Waals surface area contributed by atoms with Crippen LogP contribution in [0.3, 0.4) is 0 Å². The number of benzene rings is 1. The molecule has 1 aromatic carbocycles. The molecule has 108 valence electrons. The molecule has 0 aliphatic rings. The Morgan fingerprint density at radius 1 is 1.11 bits per heavy atom. The Balaban J connectivity index is 2.84. The molecule has 0 amide bonds. The van der Waals surface area contributed by atoms with E-state index in [9.17, 15) is 5.11 Å². The Morgan fingerprint density at radius 2 is 1.63 bits per heavy atom. The molecule has 3 N–H and O–H groups in total. The molecule has 0 spiro atoms. The van der Waals surface area contributed by atoms with Gasteiger partial charge in [-0.05, 0) is 36.5 Å². The molecule has 0 aromatic heterocycles. The van der Waals surface area contributed by atoms with Crippen LogP contribution in [0.5, 0.6) is 0 Å². The van der Waals surface area contributed by atoms with Gasteiger partial charge in [0.25, 0.3) is 0 Å². The normalized spacial score (nSPS) is 14.6. The minimum absolute atomic E-state index is 0.000340. The Hall–Kier alpha value is -0.570. The topological polar surface area (TPSA) is 46.2 Å². The first-order valence-electron chi connectivity index (χ1n) is 7.27. The molecule has 3 heteroatoms. The van der Waals surface area contributed by atoms with Gasteiger partial charge in [0, 0.05) is 17.5 Å². The molecule has 1 aromatic rings. The maximum absolute atomic E-state index is 10.6. The second-order valence-electron chi connectivity index (χ2n) is 5.22. The van der Waals surface area contributed by atoms with E-state index in [2.05, 4.69) is 13.8 Å². The average Bonchev–Trinajstić information content (AvgIpc) is 2.41. The number of aliphatic hydroxyl groups excluding tert-OH is 1. The van der Waals surface area contributed by atoms with E-state index in [0.29, 0.717) is 17.5 Å². The number of nitrogens with two attached hydrogens (primary N) is 1. The molecule has 0 aliphatic carbocycles. The van der Waals surface area contributed by atoms with Crippen LogP contribution in [0.4, 0.5) is 0 Å². The highest BCUT2D eigenvalue weighted by atomic mass is 35.5. The SMILES string of the molecule is CCCC(CCC)C(O)C(CN)c1ccc(Cl)cc1. The van der Waals surface area contributed by atoms with Crippen LogP contribution >= 0.6 is 11.6 Å². The quantitative estimate of drug-likeness (QED) is 0.758. The van der Waals surface area contributed by atoms with E-state index in [1.54, 1.807) is 0 Å². The van der Waals surface area contributed by atoms with Gasteiger partial charge in [-0.3, -0.25) is 0 Å². The standard InChI is InChI=1S/C16H26ClNO/c1-3-5-13(6-4-2)16(19)15(11-18)12-7-9-14(17)10-8-12/h7-10,13,15-16,19H,3-6,11,18H2,1-2H3. The van der Waals surface area contributed by atoms with E-state index in [0.717, 1.165) is 31.2 Å². The molecule has 2 nitrogen and oxygen atoms in total. The highest BCUT2D eigenvalue weighted by Gasteiger charge is 2.26. The molecule has 2 unspecified atom stereocenters. The van der Waals surface area contributed by atoms with Crippen molar-refractivity contribution in [2.75, 3.05) is 6.54 Å². The lowest BCUT2D eigenvalue weighted by Gasteiger charge is -2.29. The lowest BCUT2D eigenvalue weighted by atomic mass is 9.81. The second kappa shape index (κ2) is 8.57. The summed E-state index contributed by atoms with van der Waals surface area (Å²) in [4.78, 5) is 0. The first kappa shape index (κ1) is 16.5. The fourth-order valence-electron chi connectivity index (χ4n) is 2.74. The third-order valence-electron chi connectivity index (χ3n) is 3.77. The molecule has 0 bridgehead atoms. The first-order valence-corrected chi connectivity index (χ1v) is 7.65. The van der Waals surface area contributed by atoms with Crippen LogP contribution in [0, 0.1) is 5.92 Å². The number of halogens is 1. The van der Waals surface area contributed by atoms with Gasteiger partial charge in [-0.25, -0.2) is 0 Å². The first-order chi connectivity index (χ1) is 9.13. The molecule has 1 rings (SSSR count). The maximum Gasteiger partial charge on any atom is 0.0648 e. The number of hydrogen-bond donors (Lipinski definition) is 2. The minimum atomic E-state index is -0.369. The van der Waals surface area contributed by atoms with Crippen molar-refractivity contribution < 1.29 is 5.11 Å². The summed E-state index contributed by atoms with van der Waals surface area (Å²) in [6, 6.07) is 7.66. The predicted octanol–water partition coefficient (Wildman–Crippen LogP) is 3.96. The minimum Gasteiger partial charge on any atom is -0.392 e. The summed E-state index contributed by atoms with van der Waals surface area (Å²) < 4.78 is 0. The van der Waals surface area contributed by atoms with Gasteiger partial charge in [0.15, 0.2) is 0 Å². The van der Waals surface area contributed by atoms with Crippen molar-refractivity contribution >= 4 is 11.6 Å². The molecule has 0 saturated heterocycles. The van der Waals surface area contributed by atoms with E-state index >= 15 is 0 Å². The highest BCUT2D eigenvalue weighted by Crippen LogP contribution is 2.29. The maximum atomic E-state index is 10.6. The lowest BCUT2D eigenvalue weighted by Crippen LogP contribution is -2.32. The summed E-state index contributed by atoms with van der Waals surface area (Å²) in [6.45, 7) is 4.79. The van der Waals surface area contributed by atoms with Crippen molar-refractivity contribution in [2.24, 2.45) is 11.7 Å². The van der Waals surface area contributed by atoms with Crippen LogP contribution in [0.25, 0.3) is 0 Å². The third kappa shape index (κ3) is 4.79. The van der Waals surface area contributed by atoms with Gasteiger partial charge in [0.1, 0.15) is 0 Å². The van der Waals surface area contributed by atoms with E-state index in [-0.39, 0.29) is 12.0 Å². The van der Waals surface area contributed by atoms with Gasteiger partial charge in [-0.2, -0.15) is 0 Å². The fourth-order valence-corrected chi connectivity index (χ4v) is 2.86. The zero-order valence-corrected chi connectivity index (χ0v) is 12.7. The predicted molar refractivity (Wildman–Crippen MR) is 82.6 cm³/mol. The largest absolute Gasteiger partial charge is 0.392 e. The van der Waals surface area contributed by atoms with E-state index < -0.39 is 0 Å². The number of rotatable bonds is 8. The van der Waals surface area contributed by atoms with Crippen molar-refractivity contribution in [3.63, 3.8) is 0 Å². The average molecular weight is 284 g/mol. The lowest BCUT2D eigenvalue weighted by molar-refractivity contribution is 0.0722. The van der Waals surface area contributed by atoms with Crippen molar-refractivity contribution in [2.45, 2.75) is 51.6 Å². The van der Waals surface area contributed by atoms with Crippen LogP contribution in [0.1, 0.15) is 51.0 Å². The molecule has 0 fully saturated rings. The van der Waals surface area contributed by atoms with Gasteiger partial charge in [-0.1, -0.05) is 50.4 Å². The van der Waals surface area contributed by atoms with Crippen LogP contribution in [-0.2, 0) is 0 Å². The van der Waals surface area contributed by atoms with Crippen LogP contribution in [0.15, 0.2) is 24.3 Å². The highest BCUT2D eigenvalue weighted by molar-refractivity contribution is 6.30. The van der Waals surface area contributed by atoms with Crippen molar-refractivity contribution in [3.8, 4) is 0 Å². The zero-order valence-electron chi connectivity index (χ0n) is 12.0. The van der Waals surface area contributed by atoms with Gasteiger partial charge < -0.3 is 10.8 Å². The molecule has 0 radical (unpaired) electrons. The second-order valence-corrected chi connectivity index (χ2v) is 5.66. The molecule has 0 saturated carbocycles.